The predicted molar refractivity (Wildman–Crippen MR) is 30.2 cm³/mol. The smallest absolute Gasteiger partial charge is 0.427 e. The Balaban J connectivity index is 2.68. The first kappa shape index (κ1) is 7.05. The lowest BCUT2D eigenvalue weighted by Gasteiger charge is -1.91. The van der Waals surface area contributed by atoms with Gasteiger partial charge in [-0.3, -0.25) is 0 Å². The molecule has 0 aromatic rings. The zero-order valence-electron chi connectivity index (χ0n) is 4.17. The van der Waals surface area contributed by atoms with Crippen LogP contribution < -0.4 is 0 Å². The van der Waals surface area contributed by atoms with Crippen LogP contribution in [0, 0.1) is 0 Å². The van der Waals surface area contributed by atoms with Crippen molar-refractivity contribution in [3.63, 3.8) is 0 Å². The van der Waals surface area contributed by atoms with Crippen molar-refractivity contribution in [3.8, 4) is 0 Å². The maximum atomic E-state index is 8.18. The van der Waals surface area contributed by atoms with Crippen molar-refractivity contribution < 1.29 is 10.0 Å². The van der Waals surface area contributed by atoms with E-state index in [4.69, 9.17) is 17.9 Å². The van der Waals surface area contributed by atoms with Crippen molar-refractivity contribution in [2.75, 3.05) is 0 Å². The summed E-state index contributed by atoms with van der Waals surface area (Å²) in [5.74, 6) is 0. The normalized spacial score (nSPS) is 8.86. The van der Waals surface area contributed by atoms with Gasteiger partial charge in [0, 0.05) is 0 Å². The molecule has 2 N–H and O–H groups in total. The Kier molecular flexibility index (Phi) is 4.25. The quantitative estimate of drug-likeness (QED) is 0.464. The van der Waals surface area contributed by atoms with Crippen molar-refractivity contribution in [2.24, 2.45) is 0 Å². The summed E-state index contributed by atoms with van der Waals surface area (Å²) >= 11 is 0. The molecule has 0 aliphatic heterocycles. The Morgan fingerprint density at radius 3 is 2.14 bits per heavy atom. The summed E-state index contributed by atoms with van der Waals surface area (Å²) in [7, 11) is 3.88. The zero-order valence-corrected chi connectivity index (χ0v) is 4.17. The molecule has 2 radical (unpaired) electrons. The summed E-state index contributed by atoms with van der Waals surface area (Å²) in [6, 6.07) is 0. The Bertz CT molecular complexity index is 39.9. The third-order valence-corrected chi connectivity index (χ3v) is 0.666. The van der Waals surface area contributed by atoms with Crippen LogP contribution in [0.1, 0.15) is 6.42 Å². The third kappa shape index (κ3) is 6.05. The Hall–Kier alpha value is 0.0499. The van der Waals surface area contributed by atoms with Crippen LogP contribution in [0.15, 0.2) is 0 Å². The van der Waals surface area contributed by atoms with Gasteiger partial charge in [0.25, 0.3) is 0 Å². The molecule has 0 amide bonds. The lowest BCUT2D eigenvalue weighted by molar-refractivity contribution is 0.404. The van der Waals surface area contributed by atoms with Gasteiger partial charge in [0.2, 0.25) is 0 Å². The average molecular weight is 97.7 g/mol. The molecule has 0 unspecified atom stereocenters. The van der Waals surface area contributed by atoms with Gasteiger partial charge in [0.15, 0.2) is 0 Å². The predicted octanol–water partition coefficient (Wildman–Crippen LogP) is -0.564. The van der Waals surface area contributed by atoms with Gasteiger partial charge in [0.05, 0.1) is 7.85 Å². The minimum atomic E-state index is -1.18. The van der Waals surface area contributed by atoms with Crippen molar-refractivity contribution in [3.05, 3.63) is 0 Å². The van der Waals surface area contributed by atoms with Crippen LogP contribution in [0.2, 0.25) is 12.6 Å². The molecule has 0 aromatic carbocycles. The van der Waals surface area contributed by atoms with Gasteiger partial charge < -0.3 is 10.0 Å². The lowest BCUT2D eigenvalue weighted by Crippen LogP contribution is -2.08. The largest absolute Gasteiger partial charge is 0.451 e. The van der Waals surface area contributed by atoms with E-state index in [2.05, 4.69) is 0 Å². The van der Waals surface area contributed by atoms with Crippen LogP contribution in [0.3, 0.4) is 0 Å². The minimum absolute atomic E-state index is 0.385. The van der Waals surface area contributed by atoms with Gasteiger partial charge in [0.1, 0.15) is 0 Å². The van der Waals surface area contributed by atoms with Gasteiger partial charge in [-0.15, -0.1) is 0 Å². The molecule has 4 heteroatoms. The molecule has 0 bridgehead atoms. The molecule has 0 spiro atoms. The van der Waals surface area contributed by atoms with E-state index >= 15 is 0 Å². The average Bonchev–Trinajstić information content (AvgIpc) is 1.61. The maximum Gasteiger partial charge on any atom is 0.451 e. The highest BCUT2D eigenvalue weighted by Crippen LogP contribution is 1.93. The fourth-order valence-electron chi connectivity index (χ4n) is 0.300. The van der Waals surface area contributed by atoms with E-state index in [1.54, 1.807) is 0 Å². The first-order chi connectivity index (χ1) is 3.27. The van der Waals surface area contributed by atoms with Crippen LogP contribution >= 0.6 is 0 Å². The topological polar surface area (TPSA) is 40.5 Å². The summed E-state index contributed by atoms with van der Waals surface area (Å²) < 4.78 is 0. The van der Waals surface area contributed by atoms with E-state index in [0.717, 1.165) is 0 Å². The second-order valence-electron chi connectivity index (χ2n) is 1.41. The first-order valence-electron chi connectivity index (χ1n) is 2.33. The lowest BCUT2D eigenvalue weighted by atomic mass is 9.81. The summed E-state index contributed by atoms with van der Waals surface area (Å²) in [6.45, 7) is 0. The molecule has 0 aliphatic carbocycles. The number of hydrogen-bond donors (Lipinski definition) is 2. The third-order valence-electron chi connectivity index (χ3n) is 0.666. The van der Waals surface area contributed by atoms with E-state index in [1.807, 2.05) is 0 Å². The zero-order chi connectivity index (χ0) is 5.70. The molecule has 0 fully saturated rings. The fraction of sp³-hybridized carbons (Fsp3) is 1.00. The van der Waals surface area contributed by atoms with Crippen molar-refractivity contribution in [1.82, 2.24) is 0 Å². The Labute approximate surface area is 45.1 Å². The molecule has 7 heavy (non-hydrogen) atoms. The van der Waals surface area contributed by atoms with Gasteiger partial charge in [-0.1, -0.05) is 12.7 Å². The van der Waals surface area contributed by atoms with Gasteiger partial charge >= 0.3 is 7.12 Å². The van der Waals surface area contributed by atoms with E-state index in [0.29, 0.717) is 19.1 Å². The van der Waals surface area contributed by atoms with Gasteiger partial charge in [-0.2, -0.15) is 0 Å². The molecule has 0 aromatic heterocycles. The highest BCUT2D eigenvalue weighted by Gasteiger charge is 2.02. The Morgan fingerprint density at radius 2 is 2.00 bits per heavy atom. The second kappa shape index (κ2) is 4.22. The summed E-state index contributed by atoms with van der Waals surface area (Å²) in [5, 5.41) is 16.4. The van der Waals surface area contributed by atoms with Gasteiger partial charge in [-0.25, -0.2) is 0 Å². The molecule has 0 saturated heterocycles. The summed E-state index contributed by atoms with van der Waals surface area (Å²) in [5.41, 5.74) is 0. The molecule has 0 rings (SSSR count). The Morgan fingerprint density at radius 1 is 1.43 bits per heavy atom. The van der Waals surface area contributed by atoms with Crippen LogP contribution in [0.5, 0.6) is 0 Å². The molecule has 0 atom stereocenters. The summed E-state index contributed by atoms with van der Waals surface area (Å²) in [4.78, 5) is 0. The molecule has 2 nitrogen and oxygen atoms in total. The van der Waals surface area contributed by atoms with E-state index in [1.165, 1.54) is 0 Å². The highest BCUT2D eigenvalue weighted by molar-refractivity contribution is 6.41. The van der Waals surface area contributed by atoms with Crippen molar-refractivity contribution in [2.45, 2.75) is 19.1 Å². The maximum absolute atomic E-state index is 8.18. The van der Waals surface area contributed by atoms with Crippen LogP contribution in [-0.4, -0.2) is 25.0 Å². The molecule has 0 saturated carbocycles. The van der Waals surface area contributed by atoms with Crippen molar-refractivity contribution >= 4 is 15.0 Å². The molecule has 38 valence electrons. The molecule has 0 heterocycles. The van der Waals surface area contributed by atoms with E-state index in [9.17, 15) is 0 Å². The van der Waals surface area contributed by atoms with Crippen LogP contribution in [0.4, 0.5) is 0 Å². The summed E-state index contributed by atoms with van der Waals surface area (Å²) in [6.07, 6.45) is 1.59. The van der Waals surface area contributed by atoms with E-state index < -0.39 is 7.12 Å². The molecular formula is C3H8B2O2. The molecule has 0 aliphatic rings. The number of hydrogen-bond acceptors (Lipinski definition) is 2. The first-order valence-corrected chi connectivity index (χ1v) is 2.33. The van der Waals surface area contributed by atoms with Crippen LogP contribution in [0.25, 0.3) is 0 Å². The van der Waals surface area contributed by atoms with Crippen molar-refractivity contribution in [1.29, 1.82) is 0 Å². The monoisotopic (exact) mass is 98.1 g/mol. The molecular weight excluding hydrogens is 89.7 g/mol. The van der Waals surface area contributed by atoms with Crippen LogP contribution in [-0.2, 0) is 0 Å². The SMILES string of the molecule is [B]CCCB(O)O. The number of rotatable bonds is 3. The minimum Gasteiger partial charge on any atom is -0.427 e. The standard InChI is InChI=1S/C3H8B2O2/c4-2-1-3-5(6)7/h6-7H,1-3H2. The van der Waals surface area contributed by atoms with Gasteiger partial charge in [-0.05, 0) is 6.32 Å². The van der Waals surface area contributed by atoms with E-state index in [-0.39, 0.29) is 0 Å². The fourth-order valence-corrected chi connectivity index (χ4v) is 0.300. The second-order valence-corrected chi connectivity index (χ2v) is 1.41. The highest BCUT2D eigenvalue weighted by atomic mass is 16.4.